The molecule has 90 valence electrons. The zero-order chi connectivity index (χ0) is 13.1. The molecule has 0 bridgehead atoms. The molecular weight excluding hydrogens is 211 g/mol. The molecule has 0 aliphatic rings. The van der Waals surface area contributed by atoms with Gasteiger partial charge in [0.15, 0.2) is 0 Å². The summed E-state index contributed by atoms with van der Waals surface area (Å²) in [7, 11) is 0. The number of allylic oxidation sites excluding steroid dienone is 4. The lowest BCUT2D eigenvalue weighted by Gasteiger charge is -1.99. The van der Waals surface area contributed by atoms with Gasteiger partial charge in [0.2, 0.25) is 0 Å². The number of hydrogen-bond donors (Lipinski definition) is 0. The van der Waals surface area contributed by atoms with Gasteiger partial charge >= 0.3 is 0 Å². The zero-order valence-corrected chi connectivity index (χ0v) is 10.5. The highest BCUT2D eigenvalue weighted by atomic mass is 19.1. The van der Waals surface area contributed by atoms with E-state index in [4.69, 9.17) is 0 Å². The number of aryl methyl sites for hydroxylation is 1. The molecule has 0 unspecified atom stereocenters. The molecule has 1 heteroatoms. The van der Waals surface area contributed by atoms with Gasteiger partial charge in [-0.1, -0.05) is 37.3 Å². The van der Waals surface area contributed by atoms with E-state index in [1.54, 1.807) is 12.2 Å². The molecule has 0 N–H and O–H groups in total. The molecule has 0 nitrogen and oxygen atoms in total. The Labute approximate surface area is 104 Å². The van der Waals surface area contributed by atoms with Crippen molar-refractivity contribution in [1.29, 1.82) is 0 Å². The third kappa shape index (κ3) is 6.37. The van der Waals surface area contributed by atoms with Gasteiger partial charge in [0, 0.05) is 0 Å². The van der Waals surface area contributed by atoms with E-state index in [0.717, 1.165) is 12.0 Å². The number of rotatable bonds is 4. The first-order valence-electron chi connectivity index (χ1n) is 5.65. The van der Waals surface area contributed by atoms with E-state index in [1.807, 2.05) is 6.92 Å². The molecule has 0 atom stereocenters. The van der Waals surface area contributed by atoms with Crippen LogP contribution < -0.4 is 0 Å². The lowest BCUT2D eigenvalue weighted by atomic mass is 10.1. The van der Waals surface area contributed by atoms with Gasteiger partial charge in [-0.25, -0.2) is 4.39 Å². The average Bonchev–Trinajstić information content (AvgIpc) is 2.40. The SMILES string of the molecule is C#C.C/C=C\C(F)=C/Cc1ccc(CC)cc1. The minimum atomic E-state index is -0.169. The summed E-state index contributed by atoms with van der Waals surface area (Å²) in [5.41, 5.74) is 2.46. The second kappa shape index (κ2) is 9.42. The molecule has 1 aromatic carbocycles. The minimum absolute atomic E-state index is 0.169. The van der Waals surface area contributed by atoms with E-state index in [-0.39, 0.29) is 5.83 Å². The molecule has 1 aromatic rings. The molecule has 0 aromatic heterocycles. The van der Waals surface area contributed by atoms with Crippen LogP contribution in [0.25, 0.3) is 0 Å². The summed E-state index contributed by atoms with van der Waals surface area (Å²) in [6.45, 7) is 3.93. The maximum absolute atomic E-state index is 13.0. The fourth-order valence-electron chi connectivity index (χ4n) is 1.35. The largest absolute Gasteiger partial charge is 0.207 e. The minimum Gasteiger partial charge on any atom is -0.207 e. The molecule has 1 rings (SSSR count). The first-order chi connectivity index (χ1) is 8.26. The summed E-state index contributed by atoms with van der Waals surface area (Å²) < 4.78 is 13.0. The van der Waals surface area contributed by atoms with Crippen LogP contribution >= 0.6 is 0 Å². The van der Waals surface area contributed by atoms with Crippen LogP contribution in [0.1, 0.15) is 25.0 Å². The van der Waals surface area contributed by atoms with E-state index in [1.165, 1.54) is 11.6 Å². The second-order valence-corrected chi connectivity index (χ2v) is 3.46. The highest BCUT2D eigenvalue weighted by molar-refractivity contribution is 5.25. The topological polar surface area (TPSA) is 0 Å². The fraction of sp³-hybridized carbons (Fsp3) is 0.250. The normalized spacial score (nSPS) is 11.0. The van der Waals surface area contributed by atoms with Gasteiger partial charge in [0.25, 0.3) is 0 Å². The molecule has 17 heavy (non-hydrogen) atoms. The van der Waals surface area contributed by atoms with Gasteiger partial charge in [0.1, 0.15) is 5.83 Å². The quantitative estimate of drug-likeness (QED) is 0.529. The number of benzene rings is 1. The van der Waals surface area contributed by atoms with E-state index in [0.29, 0.717) is 6.42 Å². The average molecular weight is 230 g/mol. The van der Waals surface area contributed by atoms with Crippen LogP contribution in [-0.2, 0) is 12.8 Å². The van der Waals surface area contributed by atoms with Crippen molar-refractivity contribution in [2.45, 2.75) is 26.7 Å². The Balaban J connectivity index is 0.00000121. The van der Waals surface area contributed by atoms with Gasteiger partial charge in [-0.15, -0.1) is 12.8 Å². The molecule has 0 aliphatic carbocycles. The smallest absolute Gasteiger partial charge is 0.119 e. The molecule has 0 aliphatic heterocycles. The van der Waals surface area contributed by atoms with Gasteiger partial charge in [-0.3, -0.25) is 0 Å². The second-order valence-electron chi connectivity index (χ2n) is 3.46. The monoisotopic (exact) mass is 230 g/mol. The summed E-state index contributed by atoms with van der Waals surface area (Å²) in [5.74, 6) is -0.169. The zero-order valence-electron chi connectivity index (χ0n) is 10.5. The van der Waals surface area contributed by atoms with Crippen LogP contribution in [0.15, 0.2) is 48.3 Å². The highest BCUT2D eigenvalue weighted by Gasteiger charge is 1.92. The van der Waals surface area contributed by atoms with Crippen LogP contribution in [0.5, 0.6) is 0 Å². The Bertz CT molecular complexity index is 380. The Morgan fingerprint density at radius 2 is 1.71 bits per heavy atom. The Morgan fingerprint density at radius 3 is 2.18 bits per heavy atom. The summed E-state index contributed by atoms with van der Waals surface area (Å²) in [6, 6.07) is 8.30. The van der Waals surface area contributed by atoms with Crippen molar-refractivity contribution < 1.29 is 4.39 Å². The van der Waals surface area contributed by atoms with Crippen LogP contribution in [0.3, 0.4) is 0 Å². The first-order valence-corrected chi connectivity index (χ1v) is 5.65. The molecule has 0 spiro atoms. The van der Waals surface area contributed by atoms with Crippen molar-refractivity contribution in [2.24, 2.45) is 0 Å². The molecule has 0 heterocycles. The molecular formula is C16H19F. The molecule has 0 saturated carbocycles. The summed E-state index contributed by atoms with van der Waals surface area (Å²) in [6.07, 6.45) is 14.5. The number of halogens is 1. The van der Waals surface area contributed by atoms with Crippen LogP contribution in [0.4, 0.5) is 4.39 Å². The molecule has 0 radical (unpaired) electrons. The van der Waals surface area contributed by atoms with Crippen molar-refractivity contribution in [2.75, 3.05) is 0 Å². The van der Waals surface area contributed by atoms with Gasteiger partial charge in [-0.05, 0) is 43.0 Å². The third-order valence-corrected chi connectivity index (χ3v) is 2.29. The maximum atomic E-state index is 13.0. The van der Waals surface area contributed by atoms with E-state index in [2.05, 4.69) is 44.0 Å². The molecule has 0 saturated heterocycles. The Morgan fingerprint density at radius 1 is 1.18 bits per heavy atom. The van der Waals surface area contributed by atoms with Crippen LogP contribution in [0, 0.1) is 12.8 Å². The highest BCUT2D eigenvalue weighted by Crippen LogP contribution is 2.08. The number of hydrogen-bond acceptors (Lipinski definition) is 0. The van der Waals surface area contributed by atoms with Crippen molar-refractivity contribution in [3.8, 4) is 12.8 Å². The summed E-state index contributed by atoms with van der Waals surface area (Å²) in [5, 5.41) is 0. The Hall–Kier alpha value is -1.81. The van der Waals surface area contributed by atoms with Crippen LogP contribution in [-0.4, -0.2) is 0 Å². The van der Waals surface area contributed by atoms with Crippen molar-refractivity contribution in [3.63, 3.8) is 0 Å². The van der Waals surface area contributed by atoms with Gasteiger partial charge < -0.3 is 0 Å². The maximum Gasteiger partial charge on any atom is 0.119 e. The van der Waals surface area contributed by atoms with Crippen molar-refractivity contribution >= 4 is 0 Å². The van der Waals surface area contributed by atoms with Crippen molar-refractivity contribution in [1.82, 2.24) is 0 Å². The molecule has 0 amide bonds. The lowest BCUT2D eigenvalue weighted by Crippen LogP contribution is -1.84. The first kappa shape index (κ1) is 15.2. The van der Waals surface area contributed by atoms with E-state index in [9.17, 15) is 4.39 Å². The van der Waals surface area contributed by atoms with E-state index < -0.39 is 0 Å². The molecule has 0 fully saturated rings. The summed E-state index contributed by atoms with van der Waals surface area (Å²) >= 11 is 0. The number of terminal acetylenes is 1. The van der Waals surface area contributed by atoms with Crippen molar-refractivity contribution in [3.05, 3.63) is 59.4 Å². The van der Waals surface area contributed by atoms with E-state index >= 15 is 0 Å². The summed E-state index contributed by atoms with van der Waals surface area (Å²) in [4.78, 5) is 0. The predicted molar refractivity (Wildman–Crippen MR) is 73.4 cm³/mol. The Kier molecular flexibility index (Phi) is 8.42. The fourth-order valence-corrected chi connectivity index (χ4v) is 1.35. The third-order valence-electron chi connectivity index (χ3n) is 2.29. The van der Waals surface area contributed by atoms with Gasteiger partial charge in [0.05, 0.1) is 0 Å². The lowest BCUT2D eigenvalue weighted by molar-refractivity contribution is 0.662. The van der Waals surface area contributed by atoms with Crippen LogP contribution in [0.2, 0.25) is 0 Å². The predicted octanol–water partition coefficient (Wildman–Crippen LogP) is 4.47. The standard InChI is InChI=1S/C14H17F.C2H2/c1-3-5-14(15)11-10-13-8-6-12(4-2)7-9-13;1-2/h3,5-9,11H,4,10H2,1-2H3;1-2H/b5-3-,14-11+;. The van der Waals surface area contributed by atoms with Gasteiger partial charge in [-0.2, -0.15) is 0 Å².